The fourth-order valence-electron chi connectivity index (χ4n) is 1.59. The van der Waals surface area contributed by atoms with Gasteiger partial charge in [0.05, 0.1) is 11.5 Å². The normalized spacial score (nSPS) is 13.0. The zero-order chi connectivity index (χ0) is 13.6. The summed E-state index contributed by atoms with van der Waals surface area (Å²) in [5, 5.41) is 9.56. The lowest BCUT2D eigenvalue weighted by Gasteiger charge is -2.14. The van der Waals surface area contributed by atoms with Crippen molar-refractivity contribution in [2.75, 3.05) is 5.75 Å². The molecule has 0 fully saturated rings. The molecule has 0 aliphatic heterocycles. The van der Waals surface area contributed by atoms with Crippen LogP contribution in [0.3, 0.4) is 0 Å². The minimum Gasteiger partial charge on any atom is -0.259 e. The number of nitrogens with zero attached hydrogens (tertiary/aromatic N) is 1. The summed E-state index contributed by atoms with van der Waals surface area (Å²) in [5.41, 5.74) is 0.603. The predicted molar refractivity (Wildman–Crippen MR) is 76.8 cm³/mol. The smallest absolute Gasteiger partial charge is 0.0683 e. The number of benzene rings is 1. The maximum atomic E-state index is 11.9. The van der Waals surface area contributed by atoms with E-state index in [1.807, 2.05) is 38.1 Å². The van der Waals surface area contributed by atoms with Crippen LogP contribution in [0.4, 0.5) is 0 Å². The van der Waals surface area contributed by atoms with E-state index in [-0.39, 0.29) is 5.41 Å². The standard InChI is InChI=1S/C14H18ClNOS/c1-14(2,11-16)8-5-9-18(17)10-12-6-3-4-7-13(12)15/h3-4,6-7H,5,8-10H2,1-2H3. The Balaban J connectivity index is 2.40. The van der Waals surface area contributed by atoms with E-state index >= 15 is 0 Å². The van der Waals surface area contributed by atoms with Crippen molar-refractivity contribution >= 4 is 22.4 Å². The van der Waals surface area contributed by atoms with E-state index in [9.17, 15) is 4.21 Å². The maximum Gasteiger partial charge on any atom is 0.0683 e. The second-order valence-electron chi connectivity index (χ2n) is 4.98. The van der Waals surface area contributed by atoms with Gasteiger partial charge in [-0.3, -0.25) is 4.21 Å². The molecule has 0 saturated carbocycles. The highest BCUT2D eigenvalue weighted by molar-refractivity contribution is 7.84. The fraction of sp³-hybridized carbons (Fsp3) is 0.500. The Hall–Kier alpha value is -0.850. The third-order valence-electron chi connectivity index (χ3n) is 2.75. The summed E-state index contributed by atoms with van der Waals surface area (Å²) >= 11 is 6.02. The molecular weight excluding hydrogens is 266 g/mol. The first kappa shape index (κ1) is 15.2. The summed E-state index contributed by atoms with van der Waals surface area (Å²) in [4.78, 5) is 0. The minimum atomic E-state index is -0.912. The van der Waals surface area contributed by atoms with Crippen LogP contribution in [0.15, 0.2) is 24.3 Å². The molecule has 2 nitrogen and oxygen atoms in total. The van der Waals surface area contributed by atoms with Gasteiger partial charge in [0, 0.05) is 27.3 Å². The maximum absolute atomic E-state index is 11.9. The summed E-state index contributed by atoms with van der Waals surface area (Å²) in [6.45, 7) is 3.81. The average molecular weight is 284 g/mol. The monoisotopic (exact) mass is 283 g/mol. The van der Waals surface area contributed by atoms with E-state index in [1.165, 1.54) is 0 Å². The molecular formula is C14H18ClNOS. The van der Waals surface area contributed by atoms with Crippen LogP contribution < -0.4 is 0 Å². The Morgan fingerprint density at radius 2 is 2.06 bits per heavy atom. The second kappa shape index (κ2) is 6.92. The molecule has 1 atom stereocenters. The van der Waals surface area contributed by atoms with Gasteiger partial charge in [0.25, 0.3) is 0 Å². The molecule has 18 heavy (non-hydrogen) atoms. The molecule has 0 amide bonds. The second-order valence-corrected chi connectivity index (χ2v) is 6.96. The Kier molecular flexibility index (Phi) is 5.84. The summed E-state index contributed by atoms with van der Waals surface area (Å²) in [6.07, 6.45) is 1.58. The lowest BCUT2D eigenvalue weighted by Crippen LogP contribution is -2.10. The zero-order valence-corrected chi connectivity index (χ0v) is 12.4. The van der Waals surface area contributed by atoms with E-state index in [2.05, 4.69) is 6.07 Å². The molecule has 0 aliphatic carbocycles. The van der Waals surface area contributed by atoms with E-state index in [1.54, 1.807) is 0 Å². The molecule has 0 N–H and O–H groups in total. The van der Waals surface area contributed by atoms with Gasteiger partial charge in [0.2, 0.25) is 0 Å². The topological polar surface area (TPSA) is 40.9 Å². The predicted octanol–water partition coefficient (Wildman–Crippen LogP) is 3.92. The van der Waals surface area contributed by atoms with Crippen LogP contribution in [0, 0.1) is 16.7 Å². The number of hydrogen-bond acceptors (Lipinski definition) is 2. The first-order valence-electron chi connectivity index (χ1n) is 5.94. The van der Waals surface area contributed by atoms with Crippen LogP contribution >= 0.6 is 11.6 Å². The average Bonchev–Trinajstić information content (AvgIpc) is 2.32. The molecule has 0 radical (unpaired) electrons. The highest BCUT2D eigenvalue weighted by Gasteiger charge is 2.16. The summed E-state index contributed by atoms with van der Waals surface area (Å²) in [7, 11) is -0.912. The molecule has 0 aliphatic rings. The van der Waals surface area contributed by atoms with Crippen molar-refractivity contribution in [1.82, 2.24) is 0 Å². The third-order valence-corrected chi connectivity index (χ3v) is 4.50. The van der Waals surface area contributed by atoms with E-state index in [0.29, 0.717) is 16.5 Å². The van der Waals surface area contributed by atoms with E-state index in [4.69, 9.17) is 16.9 Å². The largest absolute Gasteiger partial charge is 0.259 e. The highest BCUT2D eigenvalue weighted by atomic mass is 35.5. The summed E-state index contributed by atoms with van der Waals surface area (Å²) in [5.74, 6) is 1.11. The van der Waals surface area contributed by atoms with Crippen molar-refractivity contribution in [3.05, 3.63) is 34.9 Å². The molecule has 0 heterocycles. The lowest BCUT2D eigenvalue weighted by molar-refractivity contribution is 0.447. The van der Waals surface area contributed by atoms with Crippen LogP contribution in [-0.2, 0) is 16.6 Å². The molecule has 1 rings (SSSR count). The number of hydrogen-bond donors (Lipinski definition) is 0. The molecule has 1 aromatic carbocycles. The van der Waals surface area contributed by atoms with E-state index < -0.39 is 10.8 Å². The SMILES string of the molecule is CC(C)(C#N)CCCS(=O)Cc1ccccc1Cl. The first-order valence-corrected chi connectivity index (χ1v) is 7.81. The Morgan fingerprint density at radius 3 is 2.67 bits per heavy atom. The van der Waals surface area contributed by atoms with Gasteiger partial charge in [-0.25, -0.2) is 0 Å². The fourth-order valence-corrected chi connectivity index (χ4v) is 3.08. The van der Waals surface area contributed by atoms with Crippen molar-refractivity contribution in [1.29, 1.82) is 5.26 Å². The van der Waals surface area contributed by atoms with Gasteiger partial charge in [0.1, 0.15) is 0 Å². The molecule has 98 valence electrons. The van der Waals surface area contributed by atoms with Gasteiger partial charge >= 0.3 is 0 Å². The molecule has 0 saturated heterocycles. The third kappa shape index (κ3) is 5.20. The highest BCUT2D eigenvalue weighted by Crippen LogP contribution is 2.21. The molecule has 0 aromatic heterocycles. The minimum absolute atomic E-state index is 0.325. The van der Waals surface area contributed by atoms with E-state index in [0.717, 1.165) is 18.4 Å². The Morgan fingerprint density at radius 1 is 1.39 bits per heavy atom. The van der Waals surface area contributed by atoms with Crippen LogP contribution in [-0.4, -0.2) is 9.96 Å². The number of rotatable bonds is 6. The van der Waals surface area contributed by atoms with Crippen LogP contribution in [0.2, 0.25) is 5.02 Å². The molecule has 0 spiro atoms. The van der Waals surface area contributed by atoms with Gasteiger partial charge in [-0.05, 0) is 38.3 Å². The first-order chi connectivity index (χ1) is 8.44. The molecule has 1 aromatic rings. The van der Waals surface area contributed by atoms with Gasteiger partial charge in [-0.2, -0.15) is 5.26 Å². The molecule has 0 bridgehead atoms. The van der Waals surface area contributed by atoms with Crippen molar-refractivity contribution in [3.63, 3.8) is 0 Å². The van der Waals surface area contributed by atoms with Crippen molar-refractivity contribution in [3.8, 4) is 6.07 Å². The van der Waals surface area contributed by atoms with Crippen LogP contribution in [0.1, 0.15) is 32.3 Å². The van der Waals surface area contributed by atoms with Crippen LogP contribution in [0.25, 0.3) is 0 Å². The molecule has 4 heteroatoms. The Labute approximate surface area is 116 Å². The summed E-state index contributed by atoms with van der Waals surface area (Å²) < 4.78 is 11.9. The quantitative estimate of drug-likeness (QED) is 0.794. The van der Waals surface area contributed by atoms with Gasteiger partial charge < -0.3 is 0 Å². The van der Waals surface area contributed by atoms with Crippen molar-refractivity contribution < 1.29 is 4.21 Å². The van der Waals surface area contributed by atoms with Gasteiger partial charge in [-0.15, -0.1) is 0 Å². The number of halogens is 1. The summed E-state index contributed by atoms with van der Waals surface area (Å²) in [6, 6.07) is 9.73. The zero-order valence-electron chi connectivity index (χ0n) is 10.8. The van der Waals surface area contributed by atoms with Crippen molar-refractivity contribution in [2.24, 2.45) is 5.41 Å². The van der Waals surface area contributed by atoms with Crippen molar-refractivity contribution in [2.45, 2.75) is 32.4 Å². The Bertz CT molecular complexity index is 465. The van der Waals surface area contributed by atoms with Crippen LogP contribution in [0.5, 0.6) is 0 Å². The van der Waals surface area contributed by atoms with Gasteiger partial charge in [-0.1, -0.05) is 29.8 Å². The van der Waals surface area contributed by atoms with Gasteiger partial charge in [0.15, 0.2) is 0 Å². The lowest BCUT2D eigenvalue weighted by atomic mass is 9.90. The number of nitriles is 1. The molecule has 1 unspecified atom stereocenters.